The van der Waals surface area contributed by atoms with Gasteiger partial charge in [-0.25, -0.2) is 12.8 Å². The van der Waals surface area contributed by atoms with E-state index >= 15 is 0 Å². The minimum atomic E-state index is -3.76. The van der Waals surface area contributed by atoms with E-state index in [1.165, 1.54) is 28.1 Å². The van der Waals surface area contributed by atoms with Gasteiger partial charge in [0, 0.05) is 38.8 Å². The quantitative estimate of drug-likeness (QED) is 0.675. The Labute approximate surface area is 176 Å². The molecular formula is C22H26FN3O3S. The number of halogens is 1. The van der Waals surface area contributed by atoms with Crippen LogP contribution in [0.25, 0.3) is 0 Å². The molecule has 160 valence electrons. The first kappa shape index (κ1) is 21.0. The molecule has 2 aliphatic rings. The van der Waals surface area contributed by atoms with Gasteiger partial charge in [-0.3, -0.25) is 9.69 Å². The highest BCUT2D eigenvalue weighted by Crippen LogP contribution is 2.28. The second-order valence-electron chi connectivity index (χ2n) is 7.86. The van der Waals surface area contributed by atoms with Gasteiger partial charge in [0.05, 0.1) is 11.4 Å². The van der Waals surface area contributed by atoms with Crippen molar-refractivity contribution in [2.24, 2.45) is 0 Å². The SMILES string of the molecule is O=C(CN(Cc1ccccc1)C1CC1)N1CCN(S(=O)(=O)c2cccc(F)c2)CC1. The van der Waals surface area contributed by atoms with Crippen LogP contribution >= 0.6 is 0 Å². The third-order valence-electron chi connectivity index (χ3n) is 5.66. The maximum Gasteiger partial charge on any atom is 0.243 e. The smallest absolute Gasteiger partial charge is 0.243 e. The lowest BCUT2D eigenvalue weighted by molar-refractivity contribution is -0.133. The van der Waals surface area contributed by atoms with Crippen molar-refractivity contribution in [3.05, 3.63) is 66.0 Å². The monoisotopic (exact) mass is 431 g/mol. The van der Waals surface area contributed by atoms with Crippen molar-refractivity contribution in [3.63, 3.8) is 0 Å². The number of hydrogen-bond acceptors (Lipinski definition) is 4. The molecule has 0 aromatic heterocycles. The summed E-state index contributed by atoms with van der Waals surface area (Å²) in [6.45, 7) is 2.20. The van der Waals surface area contributed by atoms with Crippen molar-refractivity contribution >= 4 is 15.9 Å². The number of piperazine rings is 1. The number of nitrogens with zero attached hydrogens (tertiary/aromatic N) is 3. The molecule has 0 unspecified atom stereocenters. The average molecular weight is 432 g/mol. The summed E-state index contributed by atoms with van der Waals surface area (Å²) in [6.07, 6.45) is 2.22. The third-order valence-corrected chi connectivity index (χ3v) is 7.55. The van der Waals surface area contributed by atoms with Crippen molar-refractivity contribution in [2.75, 3.05) is 32.7 Å². The van der Waals surface area contributed by atoms with Gasteiger partial charge in [0.25, 0.3) is 0 Å². The van der Waals surface area contributed by atoms with Gasteiger partial charge in [-0.15, -0.1) is 0 Å². The molecule has 1 aliphatic carbocycles. The first-order chi connectivity index (χ1) is 14.4. The Hall–Kier alpha value is -2.29. The predicted octanol–water partition coefficient (Wildman–Crippen LogP) is 2.32. The van der Waals surface area contributed by atoms with Gasteiger partial charge in [-0.1, -0.05) is 36.4 Å². The Kier molecular flexibility index (Phi) is 6.17. The van der Waals surface area contributed by atoms with Crippen molar-refractivity contribution in [2.45, 2.75) is 30.3 Å². The van der Waals surface area contributed by atoms with E-state index in [4.69, 9.17) is 0 Å². The first-order valence-corrected chi connectivity index (χ1v) is 11.7. The Morgan fingerprint density at radius 1 is 1.00 bits per heavy atom. The standard InChI is InChI=1S/C22H26FN3O3S/c23-19-7-4-8-21(15-19)30(28,29)26-13-11-24(12-14-26)22(27)17-25(20-9-10-20)16-18-5-2-1-3-6-18/h1-8,15,20H,9-14,16-17H2. The first-order valence-electron chi connectivity index (χ1n) is 10.2. The van der Waals surface area contributed by atoms with E-state index in [0.717, 1.165) is 25.5 Å². The lowest BCUT2D eigenvalue weighted by Gasteiger charge is -2.35. The Morgan fingerprint density at radius 3 is 2.33 bits per heavy atom. The molecule has 1 saturated carbocycles. The summed E-state index contributed by atoms with van der Waals surface area (Å²) in [6, 6.07) is 15.6. The van der Waals surface area contributed by atoms with E-state index in [-0.39, 0.29) is 23.9 Å². The molecule has 8 heteroatoms. The number of carbonyl (C=O) groups excluding carboxylic acids is 1. The summed E-state index contributed by atoms with van der Waals surface area (Å²) < 4.78 is 40.3. The van der Waals surface area contributed by atoms with Crippen LogP contribution in [0, 0.1) is 5.82 Å². The molecule has 0 N–H and O–H groups in total. The third kappa shape index (κ3) is 4.88. The minimum absolute atomic E-state index is 0.0284. The number of carbonyl (C=O) groups is 1. The molecular weight excluding hydrogens is 405 g/mol. The number of amides is 1. The van der Waals surface area contributed by atoms with E-state index in [0.29, 0.717) is 25.7 Å². The number of sulfonamides is 1. The summed E-state index contributed by atoms with van der Waals surface area (Å²) in [5.74, 6) is -0.552. The van der Waals surface area contributed by atoms with E-state index < -0.39 is 15.8 Å². The molecule has 30 heavy (non-hydrogen) atoms. The van der Waals surface area contributed by atoms with E-state index in [9.17, 15) is 17.6 Å². The maximum atomic E-state index is 13.4. The molecule has 1 amide bonds. The average Bonchev–Trinajstić information content (AvgIpc) is 3.59. The van der Waals surface area contributed by atoms with Gasteiger partial charge in [-0.2, -0.15) is 4.31 Å². The second-order valence-corrected chi connectivity index (χ2v) is 9.80. The summed E-state index contributed by atoms with van der Waals surface area (Å²) in [5, 5.41) is 0. The molecule has 6 nitrogen and oxygen atoms in total. The van der Waals surface area contributed by atoms with Crippen LogP contribution in [-0.2, 0) is 21.4 Å². The van der Waals surface area contributed by atoms with Gasteiger partial charge in [-0.05, 0) is 36.6 Å². The molecule has 1 aliphatic heterocycles. The topological polar surface area (TPSA) is 60.9 Å². The number of rotatable bonds is 7. The molecule has 0 bridgehead atoms. The van der Waals surface area contributed by atoms with Crippen molar-refractivity contribution in [3.8, 4) is 0 Å². The van der Waals surface area contributed by atoms with Crippen molar-refractivity contribution < 1.29 is 17.6 Å². The zero-order valence-electron chi connectivity index (χ0n) is 16.8. The number of hydrogen-bond donors (Lipinski definition) is 0. The van der Waals surface area contributed by atoms with Crippen LogP contribution < -0.4 is 0 Å². The van der Waals surface area contributed by atoms with Crippen LogP contribution in [0.1, 0.15) is 18.4 Å². The molecule has 1 saturated heterocycles. The molecule has 0 spiro atoms. The van der Waals surface area contributed by atoms with Crippen molar-refractivity contribution in [1.82, 2.24) is 14.1 Å². The maximum absolute atomic E-state index is 13.4. The van der Waals surface area contributed by atoms with Crippen LogP contribution in [0.3, 0.4) is 0 Å². The van der Waals surface area contributed by atoms with Crippen LogP contribution in [0.5, 0.6) is 0 Å². The number of benzene rings is 2. The van der Waals surface area contributed by atoms with Crippen LogP contribution in [0.2, 0.25) is 0 Å². The van der Waals surface area contributed by atoms with Gasteiger partial charge in [0.1, 0.15) is 5.82 Å². The Bertz CT molecular complexity index is 988. The fourth-order valence-corrected chi connectivity index (χ4v) is 5.25. The zero-order chi connectivity index (χ0) is 21.1. The highest BCUT2D eigenvalue weighted by atomic mass is 32.2. The zero-order valence-corrected chi connectivity index (χ0v) is 17.6. The summed E-state index contributed by atoms with van der Waals surface area (Å²) in [5.41, 5.74) is 1.18. The fourth-order valence-electron chi connectivity index (χ4n) is 3.80. The molecule has 4 rings (SSSR count). The Balaban J connectivity index is 1.34. The lowest BCUT2D eigenvalue weighted by atomic mass is 10.2. The Morgan fingerprint density at radius 2 is 1.70 bits per heavy atom. The van der Waals surface area contributed by atoms with Crippen LogP contribution in [0.4, 0.5) is 4.39 Å². The second kappa shape index (κ2) is 8.83. The molecule has 1 heterocycles. The molecule has 2 aromatic rings. The lowest BCUT2D eigenvalue weighted by Crippen LogP contribution is -2.52. The predicted molar refractivity (Wildman–Crippen MR) is 112 cm³/mol. The highest BCUT2D eigenvalue weighted by molar-refractivity contribution is 7.89. The summed E-state index contributed by atoms with van der Waals surface area (Å²) in [4.78, 5) is 16.8. The van der Waals surface area contributed by atoms with E-state index in [1.807, 2.05) is 18.2 Å². The van der Waals surface area contributed by atoms with Crippen LogP contribution in [-0.4, -0.2) is 67.2 Å². The molecule has 0 atom stereocenters. The van der Waals surface area contributed by atoms with E-state index in [1.54, 1.807) is 4.90 Å². The van der Waals surface area contributed by atoms with Gasteiger partial charge >= 0.3 is 0 Å². The summed E-state index contributed by atoms with van der Waals surface area (Å²) in [7, 11) is -3.76. The molecule has 0 radical (unpaired) electrons. The van der Waals surface area contributed by atoms with E-state index in [2.05, 4.69) is 17.0 Å². The normalized spacial score (nSPS) is 18.0. The minimum Gasteiger partial charge on any atom is -0.339 e. The summed E-state index contributed by atoms with van der Waals surface area (Å²) >= 11 is 0. The van der Waals surface area contributed by atoms with Gasteiger partial charge < -0.3 is 4.90 Å². The van der Waals surface area contributed by atoms with Crippen LogP contribution in [0.15, 0.2) is 59.5 Å². The van der Waals surface area contributed by atoms with Gasteiger partial charge in [0.15, 0.2) is 0 Å². The largest absolute Gasteiger partial charge is 0.339 e. The van der Waals surface area contributed by atoms with Gasteiger partial charge in [0.2, 0.25) is 15.9 Å². The van der Waals surface area contributed by atoms with Crippen molar-refractivity contribution in [1.29, 1.82) is 0 Å². The molecule has 2 fully saturated rings. The molecule has 2 aromatic carbocycles. The fraction of sp³-hybridized carbons (Fsp3) is 0.409. The highest BCUT2D eigenvalue weighted by Gasteiger charge is 2.34.